The Balaban J connectivity index is 2.61. The molecule has 0 amide bonds. The van der Waals surface area contributed by atoms with Crippen molar-refractivity contribution in [2.24, 2.45) is 0 Å². The smallest absolute Gasteiger partial charge is 0.0271 e. The zero-order valence-electron chi connectivity index (χ0n) is 7.07. The summed E-state index contributed by atoms with van der Waals surface area (Å²) in [5.41, 5.74) is 2.81. The quantitative estimate of drug-likeness (QED) is 0.536. The van der Waals surface area contributed by atoms with E-state index in [2.05, 4.69) is 31.1 Å². The van der Waals surface area contributed by atoms with Crippen molar-refractivity contribution in [1.29, 1.82) is 0 Å². The lowest BCUT2D eigenvalue weighted by Crippen LogP contribution is -2.24. The second-order valence-electron chi connectivity index (χ2n) is 3.07. The van der Waals surface area contributed by atoms with Gasteiger partial charge in [-0.15, -0.1) is 0 Å². The first-order valence-electron chi connectivity index (χ1n) is 3.79. The van der Waals surface area contributed by atoms with Crippen LogP contribution in [0.5, 0.6) is 0 Å². The summed E-state index contributed by atoms with van der Waals surface area (Å²) in [4.78, 5) is 2.33. The van der Waals surface area contributed by atoms with Gasteiger partial charge in [-0.1, -0.05) is 0 Å². The van der Waals surface area contributed by atoms with E-state index in [1.165, 1.54) is 11.3 Å². The molecule has 2 heteroatoms. The lowest BCUT2D eigenvalue weighted by molar-refractivity contribution is 0.374. The van der Waals surface area contributed by atoms with Crippen molar-refractivity contribution in [2.45, 2.75) is 13.8 Å². The molecule has 1 aliphatic rings. The van der Waals surface area contributed by atoms with Crippen LogP contribution in [-0.2, 0) is 0 Å². The molecule has 0 aliphatic carbocycles. The lowest BCUT2D eigenvalue weighted by atomic mass is 10.2. The van der Waals surface area contributed by atoms with E-state index in [1.807, 2.05) is 0 Å². The van der Waals surface area contributed by atoms with Gasteiger partial charge in [0.1, 0.15) is 0 Å². The van der Waals surface area contributed by atoms with Crippen LogP contribution < -0.4 is 5.32 Å². The molecule has 0 fully saturated rings. The third-order valence-electron chi connectivity index (χ3n) is 2.03. The van der Waals surface area contributed by atoms with Crippen molar-refractivity contribution in [1.82, 2.24) is 10.2 Å². The monoisotopic (exact) mass is 140 g/mol. The first-order valence-corrected chi connectivity index (χ1v) is 3.79. The molecule has 0 bridgehead atoms. The van der Waals surface area contributed by atoms with Gasteiger partial charge < -0.3 is 10.2 Å². The minimum Gasteiger partial charge on any atom is -0.387 e. The molecule has 1 N–H and O–H groups in total. The highest BCUT2D eigenvalue weighted by atomic mass is 15.1. The van der Waals surface area contributed by atoms with E-state index < -0.39 is 0 Å². The highest BCUT2D eigenvalue weighted by Crippen LogP contribution is 2.04. The average molecular weight is 140 g/mol. The molecule has 0 saturated heterocycles. The second-order valence-corrected chi connectivity index (χ2v) is 3.07. The Morgan fingerprint density at radius 1 is 1.40 bits per heavy atom. The molecular formula is C8H16N2. The third-order valence-corrected chi connectivity index (χ3v) is 2.03. The summed E-state index contributed by atoms with van der Waals surface area (Å²) in [5, 5.41) is 3.36. The number of allylic oxidation sites excluding steroid dienone is 1. The molecule has 0 atom stereocenters. The van der Waals surface area contributed by atoms with Crippen LogP contribution in [0.1, 0.15) is 13.8 Å². The van der Waals surface area contributed by atoms with Gasteiger partial charge in [0.25, 0.3) is 0 Å². The molecule has 1 aliphatic heterocycles. The largest absolute Gasteiger partial charge is 0.387 e. The highest BCUT2D eigenvalue weighted by Gasteiger charge is 2.05. The fourth-order valence-electron chi connectivity index (χ4n) is 1.19. The number of rotatable bonds is 0. The van der Waals surface area contributed by atoms with Crippen LogP contribution in [0.15, 0.2) is 11.3 Å². The molecule has 0 aromatic rings. The van der Waals surface area contributed by atoms with Gasteiger partial charge in [-0.25, -0.2) is 0 Å². The second kappa shape index (κ2) is 3.06. The van der Waals surface area contributed by atoms with E-state index in [0.29, 0.717) is 0 Å². The minimum atomic E-state index is 1.08. The van der Waals surface area contributed by atoms with Gasteiger partial charge in [-0.2, -0.15) is 0 Å². The zero-order chi connectivity index (χ0) is 7.56. The summed E-state index contributed by atoms with van der Waals surface area (Å²) >= 11 is 0. The molecule has 0 spiro atoms. The predicted octanol–water partition coefficient (Wildman–Crippen LogP) is 0.815. The van der Waals surface area contributed by atoms with Crippen molar-refractivity contribution >= 4 is 0 Å². The van der Waals surface area contributed by atoms with Crippen LogP contribution in [0, 0.1) is 0 Å². The highest BCUT2D eigenvalue weighted by molar-refractivity contribution is 5.10. The van der Waals surface area contributed by atoms with Crippen LogP contribution in [0.3, 0.4) is 0 Å². The van der Waals surface area contributed by atoms with Gasteiger partial charge >= 0.3 is 0 Å². The molecule has 2 nitrogen and oxygen atoms in total. The molecule has 0 unspecified atom stereocenters. The molecule has 1 heterocycles. The van der Waals surface area contributed by atoms with Crippen LogP contribution in [0.4, 0.5) is 0 Å². The fraction of sp³-hybridized carbons (Fsp3) is 0.750. The van der Waals surface area contributed by atoms with Gasteiger partial charge in [0.15, 0.2) is 0 Å². The SMILES string of the molecule is CC1=C(C)NCCN(C)C1. The summed E-state index contributed by atoms with van der Waals surface area (Å²) < 4.78 is 0. The topological polar surface area (TPSA) is 15.3 Å². The van der Waals surface area contributed by atoms with Crippen molar-refractivity contribution < 1.29 is 0 Å². The van der Waals surface area contributed by atoms with Gasteiger partial charge in [0.2, 0.25) is 0 Å². The first-order chi connectivity index (χ1) is 4.70. The number of hydrogen-bond acceptors (Lipinski definition) is 2. The summed E-state index contributed by atoms with van der Waals surface area (Å²) in [6.07, 6.45) is 0. The van der Waals surface area contributed by atoms with E-state index in [1.54, 1.807) is 0 Å². The standard InChI is InChI=1S/C8H16N2/c1-7-6-10(3)5-4-9-8(7)2/h9H,4-6H2,1-3H3. The summed E-state index contributed by atoms with van der Waals surface area (Å²) in [7, 11) is 2.16. The van der Waals surface area contributed by atoms with Crippen LogP contribution in [-0.4, -0.2) is 31.6 Å². The zero-order valence-corrected chi connectivity index (χ0v) is 7.07. The normalized spacial score (nSPS) is 22.3. The van der Waals surface area contributed by atoms with Crippen molar-refractivity contribution in [3.05, 3.63) is 11.3 Å². The van der Waals surface area contributed by atoms with Gasteiger partial charge in [-0.3, -0.25) is 0 Å². The summed E-state index contributed by atoms with van der Waals surface area (Å²) in [6, 6.07) is 0. The van der Waals surface area contributed by atoms with E-state index >= 15 is 0 Å². The van der Waals surface area contributed by atoms with E-state index in [-0.39, 0.29) is 0 Å². The van der Waals surface area contributed by atoms with E-state index in [4.69, 9.17) is 0 Å². The van der Waals surface area contributed by atoms with Gasteiger partial charge in [-0.05, 0) is 26.5 Å². The van der Waals surface area contributed by atoms with Gasteiger partial charge in [0, 0.05) is 25.3 Å². The summed E-state index contributed by atoms with van der Waals surface area (Å²) in [5.74, 6) is 0. The molecule has 0 radical (unpaired) electrons. The van der Waals surface area contributed by atoms with Crippen molar-refractivity contribution in [3.8, 4) is 0 Å². The Kier molecular flexibility index (Phi) is 2.33. The molecule has 58 valence electrons. The van der Waals surface area contributed by atoms with Crippen molar-refractivity contribution in [2.75, 3.05) is 26.7 Å². The maximum absolute atomic E-state index is 3.36. The van der Waals surface area contributed by atoms with E-state index in [9.17, 15) is 0 Å². The Hall–Kier alpha value is -0.500. The molecule has 0 aromatic heterocycles. The van der Waals surface area contributed by atoms with Gasteiger partial charge in [0.05, 0.1) is 0 Å². The third kappa shape index (κ3) is 1.74. The number of hydrogen-bond donors (Lipinski definition) is 1. The predicted molar refractivity (Wildman–Crippen MR) is 43.9 cm³/mol. The number of likely N-dealkylation sites (N-methyl/N-ethyl adjacent to an activating group) is 1. The molecule has 10 heavy (non-hydrogen) atoms. The van der Waals surface area contributed by atoms with Crippen LogP contribution in [0.25, 0.3) is 0 Å². The minimum absolute atomic E-state index is 1.08. The Bertz CT molecular complexity index is 149. The molecule has 0 saturated carbocycles. The molecule has 1 rings (SSSR count). The Morgan fingerprint density at radius 3 is 2.80 bits per heavy atom. The maximum atomic E-state index is 3.36. The number of nitrogens with one attached hydrogen (secondary N) is 1. The van der Waals surface area contributed by atoms with E-state index in [0.717, 1.165) is 19.6 Å². The molecule has 0 aromatic carbocycles. The average Bonchev–Trinajstić information content (AvgIpc) is 1.96. The van der Waals surface area contributed by atoms with Crippen molar-refractivity contribution in [3.63, 3.8) is 0 Å². The number of nitrogens with zero attached hydrogens (tertiary/aromatic N) is 1. The first kappa shape index (κ1) is 7.61. The van der Waals surface area contributed by atoms with Crippen LogP contribution in [0.2, 0.25) is 0 Å². The van der Waals surface area contributed by atoms with Crippen LogP contribution >= 0.6 is 0 Å². The summed E-state index contributed by atoms with van der Waals surface area (Å²) in [6.45, 7) is 7.67. The lowest BCUT2D eigenvalue weighted by Gasteiger charge is -2.11. The fourth-order valence-corrected chi connectivity index (χ4v) is 1.19. The Morgan fingerprint density at radius 2 is 2.10 bits per heavy atom. The maximum Gasteiger partial charge on any atom is 0.0271 e. The molecular weight excluding hydrogens is 124 g/mol. The Labute approximate surface area is 62.9 Å².